The van der Waals surface area contributed by atoms with Crippen molar-refractivity contribution < 1.29 is 4.79 Å². The summed E-state index contributed by atoms with van der Waals surface area (Å²) in [5.74, 6) is 2.16. The van der Waals surface area contributed by atoms with Crippen LogP contribution in [0.3, 0.4) is 0 Å². The van der Waals surface area contributed by atoms with Gasteiger partial charge < -0.3 is 4.90 Å². The number of rotatable bonds is 2. The molecule has 0 fully saturated rings. The third-order valence-electron chi connectivity index (χ3n) is 1.27. The normalized spacial score (nSPS) is 11.8. The van der Waals surface area contributed by atoms with E-state index in [1.807, 2.05) is 0 Å². The highest BCUT2D eigenvalue weighted by atomic mass is 16.2. The zero-order chi connectivity index (χ0) is 8.15. The summed E-state index contributed by atoms with van der Waals surface area (Å²) in [6.45, 7) is 1.80. The van der Waals surface area contributed by atoms with Crippen molar-refractivity contribution in [1.82, 2.24) is 4.90 Å². The van der Waals surface area contributed by atoms with Crippen molar-refractivity contribution in [3.8, 4) is 5.92 Å². The van der Waals surface area contributed by atoms with Crippen LogP contribution in [0.15, 0.2) is 0 Å². The molecule has 55 valence electrons. The minimum absolute atomic E-state index is 0.0553. The number of nitrogens with zero attached hydrogens (tertiary/aromatic N) is 1. The van der Waals surface area contributed by atoms with Crippen LogP contribution >= 0.6 is 0 Å². The van der Waals surface area contributed by atoms with Crippen LogP contribution in [-0.2, 0) is 4.79 Å². The first-order valence-electron chi connectivity index (χ1n) is 3.20. The molecule has 1 atom stereocenters. The van der Waals surface area contributed by atoms with Gasteiger partial charge in [-0.2, -0.15) is 0 Å². The van der Waals surface area contributed by atoms with E-state index in [-0.39, 0.29) is 11.8 Å². The largest absolute Gasteiger partial charge is 0.349 e. The summed E-state index contributed by atoms with van der Waals surface area (Å²) >= 11 is 0. The molecule has 0 saturated heterocycles. The Morgan fingerprint density at radius 3 is 2.50 bits per heavy atom. The molecule has 1 amide bonds. The van der Waals surface area contributed by atoms with Crippen LogP contribution in [-0.4, -0.2) is 24.9 Å². The first kappa shape index (κ1) is 9.03. The molecular weight excluding hydrogens is 126 g/mol. The molecule has 0 aromatic rings. The van der Waals surface area contributed by atoms with Gasteiger partial charge in [-0.1, -0.05) is 12.8 Å². The highest BCUT2D eigenvalue weighted by Crippen LogP contribution is 2.02. The molecule has 1 unspecified atom stereocenters. The SMILES string of the molecule is [C]#CCC(C)C(=O)N(C)C. The maximum Gasteiger partial charge on any atom is 0.225 e. The van der Waals surface area contributed by atoms with E-state index in [0.29, 0.717) is 6.42 Å². The lowest BCUT2D eigenvalue weighted by Crippen LogP contribution is -2.27. The predicted molar refractivity (Wildman–Crippen MR) is 39.6 cm³/mol. The van der Waals surface area contributed by atoms with Gasteiger partial charge in [-0.3, -0.25) is 4.79 Å². The Hall–Kier alpha value is -0.970. The smallest absolute Gasteiger partial charge is 0.225 e. The average Bonchev–Trinajstić information content (AvgIpc) is 1.87. The summed E-state index contributed by atoms with van der Waals surface area (Å²) in [5.41, 5.74) is 0. The highest BCUT2D eigenvalue weighted by molar-refractivity contribution is 5.78. The summed E-state index contributed by atoms with van der Waals surface area (Å²) in [7, 11) is 3.42. The van der Waals surface area contributed by atoms with Crippen LogP contribution < -0.4 is 0 Å². The van der Waals surface area contributed by atoms with Gasteiger partial charge in [0.2, 0.25) is 5.91 Å². The van der Waals surface area contributed by atoms with Crippen molar-refractivity contribution >= 4 is 5.91 Å². The molecule has 0 aliphatic carbocycles. The van der Waals surface area contributed by atoms with Crippen LogP contribution in [0.1, 0.15) is 13.3 Å². The van der Waals surface area contributed by atoms with Gasteiger partial charge in [0.15, 0.2) is 0 Å². The predicted octanol–water partition coefficient (Wildman–Crippen LogP) is 0.691. The van der Waals surface area contributed by atoms with Gasteiger partial charge in [-0.15, -0.1) is 0 Å². The number of amides is 1. The van der Waals surface area contributed by atoms with Gasteiger partial charge in [-0.05, 0) is 6.42 Å². The molecule has 0 spiro atoms. The molecule has 2 heteroatoms. The molecule has 0 N–H and O–H groups in total. The molecule has 0 bridgehead atoms. The molecule has 0 aliphatic heterocycles. The lowest BCUT2D eigenvalue weighted by atomic mass is 10.1. The second-order valence-corrected chi connectivity index (χ2v) is 2.51. The third-order valence-corrected chi connectivity index (χ3v) is 1.27. The van der Waals surface area contributed by atoms with E-state index in [4.69, 9.17) is 6.42 Å². The Bertz CT molecular complexity index is 155. The molecule has 2 nitrogen and oxygen atoms in total. The quantitative estimate of drug-likeness (QED) is 0.514. The Labute approximate surface area is 62.2 Å². The van der Waals surface area contributed by atoms with E-state index in [2.05, 4.69) is 5.92 Å². The molecular formula is C8H12NO. The third kappa shape index (κ3) is 2.54. The van der Waals surface area contributed by atoms with Gasteiger partial charge in [0.25, 0.3) is 0 Å². The monoisotopic (exact) mass is 138 g/mol. The van der Waals surface area contributed by atoms with E-state index in [0.717, 1.165) is 0 Å². The van der Waals surface area contributed by atoms with Crippen LogP contribution in [0.5, 0.6) is 0 Å². The van der Waals surface area contributed by atoms with Gasteiger partial charge >= 0.3 is 0 Å². The Balaban J connectivity index is 3.85. The molecule has 1 radical (unpaired) electrons. The molecule has 0 aromatic heterocycles. The number of carbonyl (C=O) groups is 1. The van der Waals surface area contributed by atoms with Crippen molar-refractivity contribution in [1.29, 1.82) is 0 Å². The Morgan fingerprint density at radius 2 is 2.20 bits per heavy atom. The van der Waals surface area contributed by atoms with Crippen molar-refractivity contribution in [3.63, 3.8) is 0 Å². The fraction of sp³-hybridized carbons (Fsp3) is 0.625. The molecule has 0 aliphatic rings. The van der Waals surface area contributed by atoms with Crippen molar-refractivity contribution in [3.05, 3.63) is 6.42 Å². The number of hydrogen-bond acceptors (Lipinski definition) is 1. The van der Waals surface area contributed by atoms with Crippen molar-refractivity contribution in [2.75, 3.05) is 14.1 Å². The first-order chi connectivity index (χ1) is 4.59. The summed E-state index contributed by atoms with van der Waals surface area (Å²) < 4.78 is 0. The van der Waals surface area contributed by atoms with Crippen LogP contribution in [0.2, 0.25) is 0 Å². The molecule has 0 saturated carbocycles. The Morgan fingerprint density at radius 1 is 1.70 bits per heavy atom. The standard InChI is InChI=1S/C8H12NO/c1-5-6-7(2)8(10)9(3)4/h7H,6H2,2-4H3. The number of hydrogen-bond donors (Lipinski definition) is 0. The Kier molecular flexibility index (Phi) is 3.56. The molecule has 0 heterocycles. The fourth-order valence-corrected chi connectivity index (χ4v) is 0.681. The average molecular weight is 138 g/mol. The topological polar surface area (TPSA) is 20.3 Å². The van der Waals surface area contributed by atoms with E-state index >= 15 is 0 Å². The summed E-state index contributed by atoms with van der Waals surface area (Å²) in [6, 6.07) is 0. The second-order valence-electron chi connectivity index (χ2n) is 2.51. The van der Waals surface area contributed by atoms with Crippen LogP contribution in [0.4, 0.5) is 0 Å². The van der Waals surface area contributed by atoms with E-state index in [9.17, 15) is 4.79 Å². The second kappa shape index (κ2) is 3.94. The summed E-state index contributed by atoms with van der Waals surface area (Å²) in [4.78, 5) is 12.6. The zero-order valence-corrected chi connectivity index (χ0v) is 6.64. The lowest BCUT2D eigenvalue weighted by Gasteiger charge is -2.13. The van der Waals surface area contributed by atoms with Crippen molar-refractivity contribution in [2.45, 2.75) is 13.3 Å². The maximum atomic E-state index is 11.0. The number of carbonyl (C=O) groups excluding carboxylic acids is 1. The van der Waals surface area contributed by atoms with Crippen molar-refractivity contribution in [2.24, 2.45) is 5.92 Å². The van der Waals surface area contributed by atoms with Gasteiger partial charge in [0.1, 0.15) is 0 Å². The molecule has 10 heavy (non-hydrogen) atoms. The summed E-state index contributed by atoms with van der Waals surface area (Å²) in [6.07, 6.45) is 7.06. The highest BCUT2D eigenvalue weighted by Gasteiger charge is 2.12. The first-order valence-corrected chi connectivity index (χ1v) is 3.20. The van der Waals surface area contributed by atoms with Gasteiger partial charge in [0, 0.05) is 26.4 Å². The van der Waals surface area contributed by atoms with E-state index < -0.39 is 0 Å². The molecule has 0 rings (SSSR count). The maximum absolute atomic E-state index is 11.0. The van der Waals surface area contributed by atoms with Gasteiger partial charge in [-0.25, -0.2) is 0 Å². The lowest BCUT2D eigenvalue weighted by molar-refractivity contribution is -0.132. The van der Waals surface area contributed by atoms with Crippen LogP contribution in [0.25, 0.3) is 0 Å². The van der Waals surface area contributed by atoms with Gasteiger partial charge in [0.05, 0.1) is 0 Å². The fourth-order valence-electron chi connectivity index (χ4n) is 0.681. The van der Waals surface area contributed by atoms with Crippen LogP contribution in [0, 0.1) is 18.3 Å². The minimum atomic E-state index is -0.104. The molecule has 0 aromatic carbocycles. The zero-order valence-electron chi connectivity index (χ0n) is 6.64. The summed E-state index contributed by atoms with van der Waals surface area (Å²) in [5, 5.41) is 0. The van der Waals surface area contributed by atoms with E-state index in [1.165, 1.54) is 4.90 Å². The van der Waals surface area contributed by atoms with E-state index in [1.54, 1.807) is 21.0 Å². The minimum Gasteiger partial charge on any atom is -0.349 e.